The first-order valence-electron chi connectivity index (χ1n) is 5.63. The van der Waals surface area contributed by atoms with Gasteiger partial charge in [-0.2, -0.15) is 0 Å². The van der Waals surface area contributed by atoms with Gasteiger partial charge in [0, 0.05) is 17.9 Å². The van der Waals surface area contributed by atoms with Crippen molar-refractivity contribution in [3.05, 3.63) is 48.4 Å². The summed E-state index contributed by atoms with van der Waals surface area (Å²) in [5, 5.41) is -0.583. The highest BCUT2D eigenvalue weighted by Gasteiger charge is 2.08. The van der Waals surface area contributed by atoms with Crippen LogP contribution in [0.1, 0.15) is 5.76 Å². The molecule has 0 unspecified atom stereocenters. The summed E-state index contributed by atoms with van der Waals surface area (Å²) in [7, 11) is -3.20. The maximum absolute atomic E-state index is 11.4. The molecule has 1 aromatic carbocycles. The van der Waals surface area contributed by atoms with Gasteiger partial charge < -0.3 is 4.42 Å². The van der Waals surface area contributed by atoms with E-state index in [1.54, 1.807) is 18.2 Å². The molecule has 0 bridgehead atoms. The molecule has 0 saturated heterocycles. The van der Waals surface area contributed by atoms with Crippen LogP contribution in [0.3, 0.4) is 0 Å². The van der Waals surface area contributed by atoms with Crippen LogP contribution in [-0.2, 0) is 14.6 Å². The second kappa shape index (κ2) is 5.64. The van der Waals surface area contributed by atoms with Crippen LogP contribution in [0, 0.1) is 0 Å². The highest BCUT2D eigenvalue weighted by molar-refractivity contribution is 7.90. The van der Waals surface area contributed by atoms with Crippen LogP contribution in [0.5, 0.6) is 0 Å². The average Bonchev–Trinajstić information content (AvgIpc) is 2.84. The zero-order chi connectivity index (χ0) is 14.8. The molecule has 104 valence electrons. The minimum absolute atomic E-state index is 0.262. The van der Waals surface area contributed by atoms with Crippen molar-refractivity contribution in [2.45, 2.75) is 4.90 Å². The monoisotopic (exact) mass is 310 g/mol. The fourth-order valence-corrected chi connectivity index (χ4v) is 2.33. The zero-order valence-corrected chi connectivity index (χ0v) is 12.1. The van der Waals surface area contributed by atoms with E-state index < -0.39 is 15.1 Å². The van der Waals surface area contributed by atoms with Gasteiger partial charge in [-0.05, 0) is 41.4 Å². The third-order valence-electron chi connectivity index (χ3n) is 2.61. The minimum atomic E-state index is -3.20. The fourth-order valence-electron chi connectivity index (χ4n) is 1.63. The van der Waals surface area contributed by atoms with Crippen LogP contribution >= 0.6 is 11.6 Å². The molecule has 0 N–H and O–H groups in total. The molecule has 1 heterocycles. The van der Waals surface area contributed by atoms with Gasteiger partial charge in [0.25, 0.3) is 0 Å². The minimum Gasteiger partial charge on any atom is -0.464 e. The van der Waals surface area contributed by atoms with Crippen LogP contribution in [0.15, 0.2) is 52.0 Å². The van der Waals surface area contributed by atoms with Crippen molar-refractivity contribution in [3.63, 3.8) is 0 Å². The SMILES string of the molecule is CS(=O)(=O)c1ccc(-c2coc(/C=C/C(=O)Cl)c2)cc1. The van der Waals surface area contributed by atoms with Crippen molar-refractivity contribution >= 4 is 32.8 Å². The molecular weight excluding hydrogens is 300 g/mol. The Hall–Kier alpha value is -1.85. The number of carbonyl (C=O) groups is 1. The van der Waals surface area contributed by atoms with E-state index in [1.165, 1.54) is 30.5 Å². The van der Waals surface area contributed by atoms with Crippen LogP contribution in [-0.4, -0.2) is 19.9 Å². The topological polar surface area (TPSA) is 64.3 Å². The van der Waals surface area contributed by atoms with Crippen molar-refractivity contribution in [1.82, 2.24) is 0 Å². The van der Waals surface area contributed by atoms with Crippen molar-refractivity contribution in [2.75, 3.05) is 6.26 Å². The second-order valence-electron chi connectivity index (χ2n) is 4.17. The maximum atomic E-state index is 11.4. The molecule has 0 atom stereocenters. The Balaban J connectivity index is 2.27. The summed E-state index contributed by atoms with van der Waals surface area (Å²) >= 11 is 5.19. The molecule has 2 rings (SSSR count). The molecule has 4 nitrogen and oxygen atoms in total. The van der Waals surface area contributed by atoms with Gasteiger partial charge in [-0.1, -0.05) is 12.1 Å². The van der Waals surface area contributed by atoms with Gasteiger partial charge >= 0.3 is 0 Å². The maximum Gasteiger partial charge on any atom is 0.245 e. The molecule has 20 heavy (non-hydrogen) atoms. The van der Waals surface area contributed by atoms with Gasteiger partial charge in [0.1, 0.15) is 5.76 Å². The molecule has 0 amide bonds. The Bertz CT molecular complexity index is 755. The van der Waals surface area contributed by atoms with E-state index in [0.29, 0.717) is 5.76 Å². The third-order valence-corrected chi connectivity index (χ3v) is 3.87. The van der Waals surface area contributed by atoms with Crippen LogP contribution in [0.2, 0.25) is 0 Å². The number of allylic oxidation sites excluding steroid dienone is 1. The number of hydrogen-bond acceptors (Lipinski definition) is 4. The number of hydrogen-bond donors (Lipinski definition) is 0. The van der Waals surface area contributed by atoms with Crippen LogP contribution in [0.4, 0.5) is 0 Å². The van der Waals surface area contributed by atoms with Crippen molar-refractivity contribution < 1.29 is 17.6 Å². The van der Waals surface area contributed by atoms with Crippen molar-refractivity contribution in [2.24, 2.45) is 0 Å². The number of furan rings is 1. The number of rotatable bonds is 4. The predicted octanol–water partition coefficient (Wildman–Crippen LogP) is 3.13. The summed E-state index contributed by atoms with van der Waals surface area (Å²) in [6.45, 7) is 0. The average molecular weight is 311 g/mol. The molecular formula is C14H11ClO4S. The summed E-state index contributed by atoms with van der Waals surface area (Å²) in [6, 6.07) is 8.19. The van der Waals surface area contributed by atoms with Gasteiger partial charge in [0.2, 0.25) is 5.24 Å². The fraction of sp³-hybridized carbons (Fsp3) is 0.0714. The molecule has 2 aromatic rings. The zero-order valence-electron chi connectivity index (χ0n) is 10.5. The predicted molar refractivity (Wildman–Crippen MR) is 77.1 cm³/mol. The number of carbonyl (C=O) groups excluding carboxylic acids is 1. The van der Waals surface area contributed by atoms with Crippen LogP contribution in [0.25, 0.3) is 17.2 Å². The lowest BCUT2D eigenvalue weighted by Gasteiger charge is -2.00. The van der Waals surface area contributed by atoms with Crippen LogP contribution < -0.4 is 0 Å². The molecule has 0 spiro atoms. The molecule has 0 radical (unpaired) electrons. The number of halogens is 1. The van der Waals surface area contributed by atoms with Gasteiger partial charge in [-0.3, -0.25) is 4.79 Å². The first-order valence-corrected chi connectivity index (χ1v) is 7.90. The standard InChI is InChI=1S/C14H11ClO4S/c1-20(17,18)13-5-2-10(3-6-13)11-8-12(19-9-11)4-7-14(15)16/h2-9H,1H3/b7-4+. The Labute approximate surface area is 121 Å². The Morgan fingerprint density at radius 3 is 2.40 bits per heavy atom. The summed E-state index contributed by atoms with van der Waals surface area (Å²) in [6.07, 6.45) is 5.33. The van der Waals surface area contributed by atoms with E-state index in [-0.39, 0.29) is 4.90 Å². The molecule has 1 aromatic heterocycles. The van der Waals surface area contributed by atoms with E-state index in [0.717, 1.165) is 17.4 Å². The first kappa shape index (κ1) is 14.6. The van der Waals surface area contributed by atoms with Gasteiger partial charge in [-0.25, -0.2) is 8.42 Å². The Morgan fingerprint density at radius 2 is 1.85 bits per heavy atom. The molecule has 6 heteroatoms. The van der Waals surface area contributed by atoms with E-state index in [2.05, 4.69) is 0 Å². The summed E-state index contributed by atoms with van der Waals surface area (Å²) in [4.78, 5) is 10.9. The summed E-state index contributed by atoms with van der Waals surface area (Å²) < 4.78 is 28.0. The molecule has 0 saturated carbocycles. The molecule has 0 aliphatic rings. The van der Waals surface area contributed by atoms with E-state index in [1.807, 2.05) is 0 Å². The molecule has 0 aliphatic heterocycles. The van der Waals surface area contributed by atoms with E-state index in [9.17, 15) is 13.2 Å². The normalized spacial score (nSPS) is 11.9. The number of sulfone groups is 1. The quantitative estimate of drug-likeness (QED) is 0.643. The smallest absolute Gasteiger partial charge is 0.245 e. The molecule has 0 aliphatic carbocycles. The molecule has 0 fully saturated rings. The van der Waals surface area contributed by atoms with Crippen molar-refractivity contribution in [1.29, 1.82) is 0 Å². The highest BCUT2D eigenvalue weighted by atomic mass is 35.5. The Kier molecular flexibility index (Phi) is 4.11. The first-order chi connectivity index (χ1) is 9.36. The number of benzene rings is 1. The summed E-state index contributed by atoms with van der Waals surface area (Å²) in [5.74, 6) is 0.487. The van der Waals surface area contributed by atoms with E-state index in [4.69, 9.17) is 16.0 Å². The highest BCUT2D eigenvalue weighted by Crippen LogP contribution is 2.24. The van der Waals surface area contributed by atoms with Gasteiger partial charge in [-0.15, -0.1) is 0 Å². The van der Waals surface area contributed by atoms with E-state index >= 15 is 0 Å². The lowest BCUT2D eigenvalue weighted by atomic mass is 10.1. The summed E-state index contributed by atoms with van der Waals surface area (Å²) in [5.41, 5.74) is 1.60. The third kappa shape index (κ3) is 3.59. The largest absolute Gasteiger partial charge is 0.464 e. The van der Waals surface area contributed by atoms with Crippen molar-refractivity contribution in [3.8, 4) is 11.1 Å². The second-order valence-corrected chi connectivity index (χ2v) is 6.56. The lowest BCUT2D eigenvalue weighted by molar-refractivity contribution is -0.107. The van der Waals surface area contributed by atoms with Gasteiger partial charge in [0.05, 0.1) is 11.2 Å². The Morgan fingerprint density at radius 1 is 1.20 bits per heavy atom. The van der Waals surface area contributed by atoms with Gasteiger partial charge in [0.15, 0.2) is 9.84 Å². The lowest BCUT2D eigenvalue weighted by Crippen LogP contribution is -1.95.